The van der Waals surface area contributed by atoms with Crippen LogP contribution in [0.3, 0.4) is 0 Å². The van der Waals surface area contributed by atoms with E-state index < -0.39 is 23.2 Å². The molecule has 6 heteroatoms. The van der Waals surface area contributed by atoms with Crippen molar-refractivity contribution in [2.75, 3.05) is 12.4 Å². The zero-order chi connectivity index (χ0) is 15.8. The highest BCUT2D eigenvalue weighted by atomic mass is 16.4. The van der Waals surface area contributed by atoms with Crippen LogP contribution in [0.1, 0.15) is 24.2 Å². The van der Waals surface area contributed by atoms with E-state index >= 15 is 0 Å². The lowest BCUT2D eigenvalue weighted by molar-refractivity contribution is -0.140. The third-order valence-corrected chi connectivity index (χ3v) is 4.00. The summed E-state index contributed by atoms with van der Waals surface area (Å²) in [6, 6.07) is 6.51. The van der Waals surface area contributed by atoms with Gasteiger partial charge in [-0.25, -0.2) is 0 Å². The van der Waals surface area contributed by atoms with Crippen molar-refractivity contribution in [3.05, 3.63) is 29.8 Å². The van der Waals surface area contributed by atoms with E-state index in [1.165, 1.54) is 7.05 Å². The minimum Gasteiger partial charge on any atom is -0.481 e. The van der Waals surface area contributed by atoms with Crippen LogP contribution in [0.4, 0.5) is 5.69 Å². The number of hydrogen-bond donors (Lipinski definition) is 3. The Morgan fingerprint density at radius 1 is 1.19 bits per heavy atom. The van der Waals surface area contributed by atoms with Crippen molar-refractivity contribution in [1.29, 1.82) is 0 Å². The molecule has 0 spiro atoms. The Balaban J connectivity index is 2.11. The van der Waals surface area contributed by atoms with Crippen molar-refractivity contribution >= 4 is 23.5 Å². The summed E-state index contributed by atoms with van der Waals surface area (Å²) >= 11 is 0. The Hall–Kier alpha value is -2.37. The van der Waals surface area contributed by atoms with Crippen molar-refractivity contribution in [2.45, 2.75) is 13.8 Å². The fourth-order valence-corrected chi connectivity index (χ4v) is 2.69. The third kappa shape index (κ3) is 2.74. The molecule has 3 N–H and O–H groups in total. The first kappa shape index (κ1) is 15.0. The molecule has 1 aliphatic carbocycles. The van der Waals surface area contributed by atoms with Crippen LogP contribution in [0, 0.1) is 17.3 Å². The summed E-state index contributed by atoms with van der Waals surface area (Å²) in [5.41, 5.74) is 0.363. The van der Waals surface area contributed by atoms with Gasteiger partial charge in [0.25, 0.3) is 5.91 Å². The van der Waals surface area contributed by atoms with Crippen LogP contribution >= 0.6 is 0 Å². The van der Waals surface area contributed by atoms with Crippen LogP contribution in [0.15, 0.2) is 24.3 Å². The lowest BCUT2D eigenvalue weighted by atomic mass is 10.1. The molecule has 1 aliphatic rings. The lowest BCUT2D eigenvalue weighted by Gasteiger charge is -2.07. The van der Waals surface area contributed by atoms with Gasteiger partial charge in [-0.1, -0.05) is 19.9 Å². The van der Waals surface area contributed by atoms with Crippen LogP contribution in [0.25, 0.3) is 0 Å². The van der Waals surface area contributed by atoms with Gasteiger partial charge in [-0.15, -0.1) is 0 Å². The highest BCUT2D eigenvalue weighted by Crippen LogP contribution is 2.58. The first-order valence-electron chi connectivity index (χ1n) is 6.65. The van der Waals surface area contributed by atoms with Crippen LogP contribution in [-0.2, 0) is 9.59 Å². The van der Waals surface area contributed by atoms with E-state index in [0.29, 0.717) is 11.3 Å². The summed E-state index contributed by atoms with van der Waals surface area (Å²) in [6.07, 6.45) is 0. The van der Waals surface area contributed by atoms with Gasteiger partial charge in [0.2, 0.25) is 5.91 Å². The van der Waals surface area contributed by atoms with E-state index in [2.05, 4.69) is 10.6 Å². The van der Waals surface area contributed by atoms with Crippen LogP contribution in [0.2, 0.25) is 0 Å². The van der Waals surface area contributed by atoms with Crippen molar-refractivity contribution in [3.8, 4) is 0 Å². The molecule has 1 aromatic carbocycles. The highest BCUT2D eigenvalue weighted by molar-refractivity contribution is 6.01. The number of nitrogens with one attached hydrogen (secondary N) is 2. The third-order valence-electron chi connectivity index (χ3n) is 4.00. The zero-order valence-corrected chi connectivity index (χ0v) is 12.1. The number of carboxylic acid groups (broad SMARTS) is 1. The van der Waals surface area contributed by atoms with Gasteiger partial charge in [-0.3, -0.25) is 14.4 Å². The summed E-state index contributed by atoms with van der Waals surface area (Å²) in [5.74, 6) is -2.76. The number of aliphatic carboxylic acids is 1. The summed E-state index contributed by atoms with van der Waals surface area (Å²) < 4.78 is 0. The maximum atomic E-state index is 12.2. The Kier molecular flexibility index (Phi) is 3.72. The molecule has 0 unspecified atom stereocenters. The molecule has 0 bridgehead atoms. The molecule has 2 atom stereocenters. The summed E-state index contributed by atoms with van der Waals surface area (Å²) in [7, 11) is 1.53. The monoisotopic (exact) mass is 290 g/mol. The van der Waals surface area contributed by atoms with Gasteiger partial charge in [0.05, 0.1) is 11.8 Å². The molecule has 6 nitrogen and oxygen atoms in total. The SMILES string of the molecule is CNC(=O)c1cccc(NC(=O)[C@H]2[C@@H](C(=O)O)C2(C)C)c1. The largest absolute Gasteiger partial charge is 0.481 e. The van der Waals surface area contributed by atoms with Crippen molar-refractivity contribution in [2.24, 2.45) is 17.3 Å². The van der Waals surface area contributed by atoms with Gasteiger partial charge in [0.15, 0.2) is 0 Å². The molecule has 1 saturated carbocycles. The topological polar surface area (TPSA) is 95.5 Å². The molecule has 0 heterocycles. The van der Waals surface area contributed by atoms with Gasteiger partial charge in [0.1, 0.15) is 0 Å². The first-order chi connectivity index (χ1) is 9.78. The maximum absolute atomic E-state index is 12.2. The lowest BCUT2D eigenvalue weighted by Crippen LogP contribution is -2.20. The van der Waals surface area contributed by atoms with E-state index in [-0.39, 0.29) is 11.8 Å². The molecule has 0 saturated heterocycles. The van der Waals surface area contributed by atoms with E-state index in [4.69, 9.17) is 5.11 Å². The quantitative estimate of drug-likeness (QED) is 0.779. The van der Waals surface area contributed by atoms with E-state index in [1.807, 2.05) is 0 Å². The second-order valence-electron chi connectivity index (χ2n) is 5.76. The van der Waals surface area contributed by atoms with Crippen LogP contribution in [-0.4, -0.2) is 29.9 Å². The number of anilines is 1. The number of hydrogen-bond acceptors (Lipinski definition) is 3. The minimum atomic E-state index is -0.959. The molecule has 21 heavy (non-hydrogen) atoms. The summed E-state index contributed by atoms with van der Waals surface area (Å²) in [6.45, 7) is 3.52. The van der Waals surface area contributed by atoms with Crippen LogP contribution < -0.4 is 10.6 Å². The number of benzene rings is 1. The summed E-state index contributed by atoms with van der Waals surface area (Å²) in [5, 5.41) is 14.3. The Morgan fingerprint density at radius 3 is 2.38 bits per heavy atom. The molecule has 0 aromatic heterocycles. The van der Waals surface area contributed by atoms with Crippen molar-refractivity contribution < 1.29 is 19.5 Å². The summed E-state index contributed by atoms with van der Waals surface area (Å²) in [4.78, 5) is 34.8. The molecule has 2 amide bonds. The maximum Gasteiger partial charge on any atom is 0.307 e. The molecular formula is C15H18N2O4. The standard InChI is InChI=1S/C15H18N2O4/c1-15(2)10(11(15)14(20)21)13(19)17-9-6-4-5-8(7-9)12(18)16-3/h4-7,10-11H,1-3H3,(H,16,18)(H,17,19)(H,20,21)/t10-,11+/m1/s1. The van der Waals surface area contributed by atoms with Crippen molar-refractivity contribution in [3.63, 3.8) is 0 Å². The zero-order valence-electron chi connectivity index (χ0n) is 12.1. The molecule has 1 aromatic rings. The van der Waals surface area contributed by atoms with Gasteiger partial charge >= 0.3 is 5.97 Å². The predicted octanol–water partition coefficient (Wildman–Crippen LogP) is 1.34. The normalized spacial score (nSPS) is 22.2. The first-order valence-corrected chi connectivity index (χ1v) is 6.65. The van der Waals surface area contributed by atoms with Gasteiger partial charge < -0.3 is 15.7 Å². The molecule has 0 aliphatic heterocycles. The molecule has 112 valence electrons. The fourth-order valence-electron chi connectivity index (χ4n) is 2.69. The average Bonchev–Trinajstić information content (AvgIpc) is 3.01. The smallest absolute Gasteiger partial charge is 0.307 e. The van der Waals surface area contributed by atoms with Gasteiger partial charge in [-0.05, 0) is 23.6 Å². The molecule has 2 rings (SSSR count). The highest BCUT2D eigenvalue weighted by Gasteiger charge is 2.65. The molecular weight excluding hydrogens is 272 g/mol. The van der Waals surface area contributed by atoms with E-state index in [0.717, 1.165) is 0 Å². The van der Waals surface area contributed by atoms with E-state index in [9.17, 15) is 14.4 Å². The van der Waals surface area contributed by atoms with Gasteiger partial charge in [-0.2, -0.15) is 0 Å². The number of carbonyl (C=O) groups excluding carboxylic acids is 2. The number of amides is 2. The van der Waals surface area contributed by atoms with Gasteiger partial charge in [0, 0.05) is 18.3 Å². The number of carbonyl (C=O) groups is 3. The van der Waals surface area contributed by atoms with E-state index in [1.54, 1.807) is 38.1 Å². The van der Waals surface area contributed by atoms with Crippen LogP contribution in [0.5, 0.6) is 0 Å². The number of carboxylic acids is 1. The Morgan fingerprint density at radius 2 is 1.86 bits per heavy atom. The Bertz CT molecular complexity index is 609. The molecule has 0 radical (unpaired) electrons. The van der Waals surface area contributed by atoms with Crippen molar-refractivity contribution in [1.82, 2.24) is 5.32 Å². The second-order valence-corrected chi connectivity index (χ2v) is 5.76. The number of rotatable bonds is 4. The fraction of sp³-hybridized carbons (Fsp3) is 0.400. The second kappa shape index (κ2) is 5.20. The average molecular weight is 290 g/mol. The predicted molar refractivity (Wildman–Crippen MR) is 76.9 cm³/mol. The minimum absolute atomic E-state index is 0.249. The molecule has 1 fully saturated rings. The Labute approximate surface area is 122 Å².